The van der Waals surface area contributed by atoms with Gasteiger partial charge in [-0.1, -0.05) is 139 Å². The molecule has 4 N–H and O–H groups in total. The number of carbonyl (C=O) groups is 6. The third-order valence-electron chi connectivity index (χ3n) is 11.1. The third kappa shape index (κ3) is 34.5. The zero-order valence-corrected chi connectivity index (χ0v) is 44.0. The van der Waals surface area contributed by atoms with Crippen molar-refractivity contribution in [3.63, 3.8) is 0 Å². The summed E-state index contributed by atoms with van der Waals surface area (Å²) in [6.45, 7) is 3.36. The number of rotatable bonds is 48. The minimum atomic E-state index is -1.12. The number of nitrogens with one attached hydrogen (secondary N) is 1. The van der Waals surface area contributed by atoms with E-state index in [0.29, 0.717) is 90.5 Å². The fraction of sp³-hybridized carbons (Fsp3) is 0.870. The summed E-state index contributed by atoms with van der Waals surface area (Å²) < 4.78 is 22.2. The molecule has 2 fully saturated rings. The molecule has 0 aromatic heterocycles. The largest absolute Gasteiger partial charge is 0.481 e. The molecular weight excluding hydrogens is 967 g/mol. The second-order valence-electron chi connectivity index (χ2n) is 16.9. The first-order valence-corrected chi connectivity index (χ1v) is 30.9. The first-order valence-electron chi connectivity index (χ1n) is 24.4. The molecule has 66 heavy (non-hydrogen) atoms. The molecule has 20 heteroatoms. The van der Waals surface area contributed by atoms with Crippen LogP contribution in [0.1, 0.15) is 173 Å². The molecule has 14 nitrogen and oxygen atoms in total. The van der Waals surface area contributed by atoms with E-state index in [2.05, 4.69) is 5.32 Å². The van der Waals surface area contributed by atoms with Crippen LogP contribution in [0.3, 0.4) is 0 Å². The fourth-order valence-corrected chi connectivity index (χ4v) is 21.0. The van der Waals surface area contributed by atoms with Gasteiger partial charge in [-0.2, -0.15) is 0 Å². The molecule has 2 atom stereocenters. The number of unbranched alkanes of at least 4 members (excludes halogenated alkanes) is 16. The molecule has 2 heterocycles. The van der Waals surface area contributed by atoms with Crippen LogP contribution in [0, 0.1) is 11.8 Å². The lowest BCUT2D eigenvalue weighted by atomic mass is 9.96. The number of ether oxygens (including phenoxy) is 4. The van der Waals surface area contributed by atoms with Gasteiger partial charge < -0.3 is 39.6 Å². The summed E-state index contributed by atoms with van der Waals surface area (Å²) in [5, 5.41) is 30.8. The van der Waals surface area contributed by atoms with Crippen molar-refractivity contribution in [1.82, 2.24) is 5.32 Å². The quantitative estimate of drug-likeness (QED) is 0.0253. The lowest BCUT2D eigenvalue weighted by Gasteiger charge is -2.27. The minimum Gasteiger partial charge on any atom is -0.481 e. The molecular formula is C46H79NO13S6. The van der Waals surface area contributed by atoms with Gasteiger partial charge in [-0.05, 0) is 60.1 Å². The van der Waals surface area contributed by atoms with Crippen molar-refractivity contribution in [3.05, 3.63) is 0 Å². The van der Waals surface area contributed by atoms with E-state index in [1.807, 2.05) is 0 Å². The molecule has 0 aliphatic carbocycles. The van der Waals surface area contributed by atoms with Crippen molar-refractivity contribution in [2.75, 3.05) is 59.4 Å². The monoisotopic (exact) mass is 1050 g/mol. The third-order valence-corrected chi connectivity index (χ3v) is 25.0. The molecule has 2 saturated heterocycles. The summed E-state index contributed by atoms with van der Waals surface area (Å²) in [6.07, 6.45) is 23.2. The second-order valence-corrected chi connectivity index (χ2v) is 26.4. The summed E-state index contributed by atoms with van der Waals surface area (Å²) in [5.41, 5.74) is 0. The first-order chi connectivity index (χ1) is 32.0. The smallest absolute Gasteiger partial charge is 0.308 e. The molecule has 2 aliphatic rings. The van der Waals surface area contributed by atoms with Crippen molar-refractivity contribution >= 4 is 100 Å². The molecule has 2 rings (SSSR count). The minimum absolute atomic E-state index is 0.00971. The van der Waals surface area contributed by atoms with Crippen LogP contribution in [0.4, 0.5) is 0 Å². The highest BCUT2D eigenvalue weighted by Crippen LogP contribution is 2.84. The van der Waals surface area contributed by atoms with Crippen LogP contribution in [0.25, 0.3) is 0 Å². The maximum atomic E-state index is 12.4. The van der Waals surface area contributed by atoms with Gasteiger partial charge in [0.05, 0.1) is 62.7 Å². The van der Waals surface area contributed by atoms with Gasteiger partial charge in [-0.25, -0.2) is 0 Å². The Morgan fingerprint density at radius 3 is 1.41 bits per heavy atom. The number of hydrogen-bond donors (Lipinski definition) is 4. The predicted octanol–water partition coefficient (Wildman–Crippen LogP) is 11.4. The van der Waals surface area contributed by atoms with Crippen LogP contribution in [-0.4, -0.2) is 117 Å². The van der Waals surface area contributed by atoms with E-state index >= 15 is 0 Å². The maximum Gasteiger partial charge on any atom is 0.308 e. The Balaban J connectivity index is 1.28. The van der Waals surface area contributed by atoms with Gasteiger partial charge in [0, 0.05) is 51.7 Å². The predicted molar refractivity (Wildman–Crippen MR) is 273 cm³/mol. The average Bonchev–Trinajstić information content (AvgIpc) is 4.05. The average molecular weight is 1050 g/mol. The molecule has 1 amide bonds. The van der Waals surface area contributed by atoms with E-state index in [4.69, 9.17) is 24.1 Å². The Hall–Kier alpha value is -0.840. The van der Waals surface area contributed by atoms with Gasteiger partial charge in [-0.15, -0.1) is 0 Å². The zero-order chi connectivity index (χ0) is 47.9. The Labute approximate surface area is 417 Å². The Bertz CT molecular complexity index is 1340. The zero-order valence-electron chi connectivity index (χ0n) is 39.1. The van der Waals surface area contributed by atoms with Crippen molar-refractivity contribution < 1.29 is 63.0 Å². The summed E-state index contributed by atoms with van der Waals surface area (Å²) in [4.78, 5) is 71.1. The SMILES string of the molecule is O=C(O)CCCCCCCCCCCCCCCCCCC(=O)CCCOCCOCCOCCOCCC(=O)C[C@@H](CCC(=O)NCCCC[C@@H](C(=O)O)C1SSC2(SS1)SS2)C(=O)O. The molecule has 0 radical (unpaired) electrons. The van der Waals surface area contributed by atoms with Crippen molar-refractivity contribution in [1.29, 1.82) is 0 Å². The first kappa shape index (κ1) is 61.3. The lowest BCUT2D eigenvalue weighted by Crippen LogP contribution is -2.27. The van der Waals surface area contributed by atoms with Gasteiger partial charge in [0.15, 0.2) is 2.74 Å². The van der Waals surface area contributed by atoms with E-state index in [-0.39, 0.29) is 57.9 Å². The number of carboxylic acids is 3. The number of ketones is 2. The van der Waals surface area contributed by atoms with E-state index in [1.54, 1.807) is 64.8 Å². The van der Waals surface area contributed by atoms with Gasteiger partial charge >= 0.3 is 17.9 Å². The highest BCUT2D eigenvalue weighted by atomic mass is 33.2. The van der Waals surface area contributed by atoms with Crippen molar-refractivity contribution in [2.45, 2.75) is 181 Å². The normalized spacial score (nSPS) is 15.4. The summed E-state index contributed by atoms with van der Waals surface area (Å²) in [5.74, 6) is -4.24. The molecule has 0 saturated carbocycles. The molecule has 0 unspecified atom stereocenters. The summed E-state index contributed by atoms with van der Waals surface area (Å²) >= 11 is 0. The number of carbonyl (C=O) groups excluding carboxylic acids is 3. The number of aliphatic carboxylic acids is 3. The van der Waals surface area contributed by atoms with E-state index in [1.165, 1.54) is 70.6 Å². The molecule has 0 aromatic rings. The Kier molecular flexibility index (Phi) is 37.9. The van der Waals surface area contributed by atoms with Crippen LogP contribution in [0.5, 0.6) is 0 Å². The van der Waals surface area contributed by atoms with Crippen molar-refractivity contribution in [2.24, 2.45) is 11.8 Å². The van der Waals surface area contributed by atoms with Gasteiger partial charge in [0.1, 0.15) is 11.6 Å². The molecule has 0 aromatic carbocycles. The number of Topliss-reactive ketones (excluding diaryl/α,β-unsaturated/α-hetero) is 2. The highest BCUT2D eigenvalue weighted by molar-refractivity contribution is 9.14. The van der Waals surface area contributed by atoms with Crippen molar-refractivity contribution in [3.8, 4) is 0 Å². The van der Waals surface area contributed by atoms with Gasteiger partial charge in [-0.3, -0.25) is 28.8 Å². The molecule has 1 spiro atoms. The fourth-order valence-electron chi connectivity index (χ4n) is 7.16. The van der Waals surface area contributed by atoms with Crippen LogP contribution >= 0.6 is 64.8 Å². The molecule has 0 bridgehead atoms. The topological polar surface area (TPSA) is 212 Å². The Morgan fingerprint density at radius 1 is 0.455 bits per heavy atom. The molecule has 2 aliphatic heterocycles. The maximum absolute atomic E-state index is 12.4. The highest BCUT2D eigenvalue weighted by Gasteiger charge is 2.53. The Morgan fingerprint density at radius 2 is 0.924 bits per heavy atom. The van der Waals surface area contributed by atoms with E-state index in [9.17, 15) is 39.0 Å². The summed E-state index contributed by atoms with van der Waals surface area (Å²) in [6, 6.07) is 0. The summed E-state index contributed by atoms with van der Waals surface area (Å²) in [7, 11) is 10.4. The standard InChI is InChI=1S/C46H79NO13S6/c48-38(20-15-13-11-9-7-5-3-1-2-4-6-8-10-12-14-16-23-42(51)52)21-19-28-57-30-32-59-34-35-60-33-31-58-29-26-39(49)36-37(43(53)54)24-25-41(50)47-27-18-17-22-40(44(55)56)45-61-63-46(64-62-45)65-66-46/h37,40,45H,1-36H2,(H,47,50)(H,51,52)(H,53,54)(H,55,56)/t37-,40+/m1/s1. The van der Waals surface area contributed by atoms with Gasteiger partial charge in [0.2, 0.25) is 5.91 Å². The molecule has 382 valence electrons. The second kappa shape index (κ2) is 40.8. The number of amides is 1. The van der Waals surface area contributed by atoms with E-state index in [0.717, 1.165) is 38.5 Å². The van der Waals surface area contributed by atoms with Crippen LogP contribution in [-0.2, 0) is 47.7 Å². The van der Waals surface area contributed by atoms with E-state index < -0.39 is 29.7 Å². The van der Waals surface area contributed by atoms with Crippen LogP contribution in [0.15, 0.2) is 0 Å². The lowest BCUT2D eigenvalue weighted by molar-refractivity contribution is -0.144. The van der Waals surface area contributed by atoms with Crippen LogP contribution in [0.2, 0.25) is 0 Å². The number of carboxylic acid groups (broad SMARTS) is 3. The van der Waals surface area contributed by atoms with Gasteiger partial charge in [0.25, 0.3) is 0 Å². The number of hydrogen-bond acceptors (Lipinski definition) is 16. The van der Waals surface area contributed by atoms with Crippen LogP contribution < -0.4 is 5.32 Å².